The van der Waals surface area contributed by atoms with Crippen LogP contribution in [-0.4, -0.2) is 77.3 Å². The van der Waals surface area contributed by atoms with Crippen molar-refractivity contribution in [3.05, 3.63) is 36.0 Å². The monoisotopic (exact) mass is 709 g/mol. The Bertz CT molecular complexity index is 1330. The van der Waals surface area contributed by atoms with Crippen LogP contribution in [0.3, 0.4) is 0 Å². The second-order valence-electron chi connectivity index (χ2n) is 12.9. The standard InChI is InChI=1S/C32H50F3NO9SSi/c1-11-12-26(40-9)14-13-24(8)15-28(45-47(21(2)3,22(4)5)23(6)7)27-16-25(19-37)17-31(41-10,43-27)18-29-36-30(20-42-29)44-46(38,39)32(33,34)35/h1,13-15,20-23,25-28,37H,12,16-19H2,2-10H3/b14-13+,24-15+/t25-,26-,27-,28+,31+/m1/s1. The molecule has 2 heterocycles. The van der Waals surface area contributed by atoms with E-state index >= 15 is 0 Å². The predicted octanol–water partition coefficient (Wildman–Crippen LogP) is 6.68. The number of aliphatic hydroxyl groups is 1. The van der Waals surface area contributed by atoms with Crippen molar-refractivity contribution in [1.82, 2.24) is 4.98 Å². The van der Waals surface area contributed by atoms with E-state index in [9.17, 15) is 26.7 Å². The second kappa shape index (κ2) is 17.0. The highest BCUT2D eigenvalue weighted by atomic mass is 32.2. The molecule has 1 aromatic rings. The number of hydrogen-bond donors (Lipinski definition) is 1. The normalized spacial score (nSPS) is 23.1. The lowest BCUT2D eigenvalue weighted by Crippen LogP contribution is -2.56. The summed E-state index contributed by atoms with van der Waals surface area (Å²) < 4.78 is 96.1. The van der Waals surface area contributed by atoms with E-state index in [1.165, 1.54) is 7.11 Å². The lowest BCUT2D eigenvalue weighted by molar-refractivity contribution is -0.291. The number of alkyl halides is 3. The lowest BCUT2D eigenvalue weighted by atomic mass is 9.86. The topological polar surface area (TPSA) is 127 Å². The van der Waals surface area contributed by atoms with Gasteiger partial charge in [-0.3, -0.25) is 0 Å². The molecule has 1 aromatic heterocycles. The summed E-state index contributed by atoms with van der Waals surface area (Å²) in [4.78, 5) is 3.80. The number of aliphatic hydroxyl groups excluding tert-OH is 1. The van der Waals surface area contributed by atoms with Crippen LogP contribution in [-0.2, 0) is 35.2 Å². The Morgan fingerprint density at radius 1 is 1.21 bits per heavy atom. The molecule has 15 heteroatoms. The Kier molecular flexibility index (Phi) is 14.8. The third-order valence-electron chi connectivity index (χ3n) is 8.63. The van der Waals surface area contributed by atoms with Gasteiger partial charge in [0.15, 0.2) is 12.1 Å². The molecule has 0 aromatic carbocycles. The first kappa shape index (κ1) is 41.0. The van der Waals surface area contributed by atoms with E-state index < -0.39 is 47.8 Å². The molecular weight excluding hydrogens is 659 g/mol. The molecule has 1 saturated heterocycles. The largest absolute Gasteiger partial charge is 0.534 e. The van der Waals surface area contributed by atoms with Crippen molar-refractivity contribution in [2.24, 2.45) is 5.92 Å². The van der Waals surface area contributed by atoms with Gasteiger partial charge in [0.25, 0.3) is 5.88 Å². The van der Waals surface area contributed by atoms with E-state index in [1.807, 2.05) is 25.2 Å². The highest BCUT2D eigenvalue weighted by molar-refractivity contribution is 7.87. The Hall–Kier alpha value is -2.19. The molecule has 0 bridgehead atoms. The van der Waals surface area contributed by atoms with Gasteiger partial charge in [-0.1, -0.05) is 65.3 Å². The maximum Gasteiger partial charge on any atom is 0.534 e. The summed E-state index contributed by atoms with van der Waals surface area (Å²) in [6.07, 6.45) is 11.2. The molecule has 47 heavy (non-hydrogen) atoms. The third-order valence-corrected chi connectivity index (χ3v) is 15.7. The first-order valence-corrected chi connectivity index (χ1v) is 19.1. The fourth-order valence-electron chi connectivity index (χ4n) is 6.47. The average molecular weight is 710 g/mol. The van der Waals surface area contributed by atoms with Gasteiger partial charge in [0.05, 0.1) is 24.7 Å². The summed E-state index contributed by atoms with van der Waals surface area (Å²) in [5.74, 6) is -0.243. The highest BCUT2D eigenvalue weighted by Crippen LogP contribution is 2.46. The first-order valence-electron chi connectivity index (χ1n) is 15.6. The van der Waals surface area contributed by atoms with Crippen molar-refractivity contribution in [3.63, 3.8) is 0 Å². The zero-order valence-corrected chi connectivity index (χ0v) is 30.5. The number of methoxy groups -OCH3 is 2. The summed E-state index contributed by atoms with van der Waals surface area (Å²) in [6, 6.07) is 0. The number of rotatable bonds is 17. The van der Waals surface area contributed by atoms with Gasteiger partial charge in [-0.25, -0.2) is 0 Å². The second-order valence-corrected chi connectivity index (χ2v) is 19.8. The van der Waals surface area contributed by atoms with Gasteiger partial charge in [-0.05, 0) is 35.9 Å². The molecule has 1 aliphatic rings. The SMILES string of the molecule is C#CC[C@H](/C=C/C(C)=C/[C@H](O[Si](C(C)C)(C(C)C)C(C)C)[C@H]1C[C@@H](CO)C[C@](Cc2nc(OS(=O)(=O)C(F)(F)F)co2)(OC)O1)OC. The van der Waals surface area contributed by atoms with Crippen molar-refractivity contribution in [1.29, 1.82) is 0 Å². The fraction of sp³-hybridized carbons (Fsp3) is 0.719. The number of halogens is 3. The number of allylic oxidation sites excluding steroid dienone is 2. The van der Waals surface area contributed by atoms with Gasteiger partial charge in [0, 0.05) is 33.7 Å². The molecule has 5 atom stereocenters. The van der Waals surface area contributed by atoms with Crippen LogP contribution in [0.5, 0.6) is 5.88 Å². The van der Waals surface area contributed by atoms with E-state index in [2.05, 4.69) is 56.6 Å². The van der Waals surface area contributed by atoms with Gasteiger partial charge in [-0.15, -0.1) is 12.3 Å². The zero-order chi connectivity index (χ0) is 35.8. The first-order chi connectivity index (χ1) is 21.8. The minimum Gasteiger partial charge on any atom is -0.445 e. The van der Waals surface area contributed by atoms with E-state index in [4.69, 9.17) is 29.5 Å². The quantitative estimate of drug-likeness (QED) is 0.0616. The van der Waals surface area contributed by atoms with Gasteiger partial charge in [-0.2, -0.15) is 26.6 Å². The third kappa shape index (κ3) is 10.4. The molecule has 0 aliphatic carbocycles. The van der Waals surface area contributed by atoms with Crippen LogP contribution in [0.15, 0.2) is 34.5 Å². The molecule has 0 amide bonds. The van der Waals surface area contributed by atoms with Crippen LogP contribution < -0.4 is 4.18 Å². The molecule has 0 spiro atoms. The molecule has 0 radical (unpaired) electrons. The van der Waals surface area contributed by atoms with Crippen molar-refractivity contribution < 1.29 is 53.9 Å². The highest BCUT2D eigenvalue weighted by Gasteiger charge is 2.51. The zero-order valence-electron chi connectivity index (χ0n) is 28.7. The number of ether oxygens (including phenoxy) is 3. The Morgan fingerprint density at radius 3 is 2.32 bits per heavy atom. The number of hydrogen-bond acceptors (Lipinski definition) is 10. The van der Waals surface area contributed by atoms with Crippen LogP contribution in [0.1, 0.15) is 73.6 Å². The predicted molar refractivity (Wildman–Crippen MR) is 173 cm³/mol. The van der Waals surface area contributed by atoms with Crippen LogP contribution in [0, 0.1) is 18.3 Å². The summed E-state index contributed by atoms with van der Waals surface area (Å²) in [7, 11) is -5.47. The summed E-state index contributed by atoms with van der Waals surface area (Å²) in [5, 5.41) is 10.4. The molecule has 0 saturated carbocycles. The number of aromatic nitrogens is 1. The van der Waals surface area contributed by atoms with Gasteiger partial charge >= 0.3 is 15.6 Å². The van der Waals surface area contributed by atoms with Crippen LogP contribution >= 0.6 is 0 Å². The van der Waals surface area contributed by atoms with E-state index in [-0.39, 0.29) is 54.0 Å². The van der Waals surface area contributed by atoms with Crippen molar-refractivity contribution in [2.45, 2.75) is 120 Å². The minimum absolute atomic E-state index is 0.182. The summed E-state index contributed by atoms with van der Waals surface area (Å²) >= 11 is 0. The molecule has 10 nitrogen and oxygen atoms in total. The van der Waals surface area contributed by atoms with Crippen LogP contribution in [0.25, 0.3) is 0 Å². The number of oxazole rings is 1. The molecule has 1 aliphatic heterocycles. The number of nitrogens with zero attached hydrogens (tertiary/aromatic N) is 1. The van der Waals surface area contributed by atoms with E-state index in [0.29, 0.717) is 19.1 Å². The average Bonchev–Trinajstić information content (AvgIpc) is 3.41. The number of terminal acetylenes is 1. The maximum atomic E-state index is 12.8. The molecule has 2 rings (SSSR count). The molecular formula is C32H50F3NO9SSi. The molecule has 1 fully saturated rings. The minimum atomic E-state index is -5.95. The smallest absolute Gasteiger partial charge is 0.445 e. The van der Waals surface area contributed by atoms with Crippen molar-refractivity contribution in [2.75, 3.05) is 20.8 Å². The Labute approximate surface area is 278 Å². The van der Waals surface area contributed by atoms with E-state index in [0.717, 1.165) is 5.57 Å². The summed E-state index contributed by atoms with van der Waals surface area (Å²) in [5.41, 5.74) is -4.05. The fourth-order valence-corrected chi connectivity index (χ4v) is 12.4. The van der Waals surface area contributed by atoms with Crippen molar-refractivity contribution >= 4 is 18.4 Å². The molecule has 0 unspecified atom stereocenters. The van der Waals surface area contributed by atoms with Crippen molar-refractivity contribution in [3.8, 4) is 18.2 Å². The van der Waals surface area contributed by atoms with E-state index in [1.54, 1.807) is 7.11 Å². The summed E-state index contributed by atoms with van der Waals surface area (Å²) in [6.45, 7) is 14.7. The Balaban J connectivity index is 2.57. The Morgan fingerprint density at radius 2 is 1.83 bits per heavy atom. The van der Waals surface area contributed by atoms with Gasteiger partial charge in [0.2, 0.25) is 14.2 Å². The van der Waals surface area contributed by atoms with Gasteiger partial charge in [0.1, 0.15) is 0 Å². The lowest BCUT2D eigenvalue weighted by Gasteiger charge is -2.49. The van der Waals surface area contributed by atoms with Gasteiger partial charge < -0.3 is 32.3 Å². The van der Waals surface area contributed by atoms with Crippen LogP contribution in [0.2, 0.25) is 16.6 Å². The van der Waals surface area contributed by atoms with Crippen LogP contribution in [0.4, 0.5) is 13.2 Å². The maximum absolute atomic E-state index is 12.8. The molecule has 268 valence electrons. The molecule has 1 N–H and O–H groups in total.